The maximum Gasteiger partial charge on any atom is 0.369 e. The highest BCUT2D eigenvalue weighted by atomic mass is 27.1. The molecule has 2 heterocycles. The number of carbonyl (C=O) groups is 6. The monoisotopic (exact) mass is 681 g/mol. The molecular formula is C33H48AlN7O7. The Bertz CT molecular complexity index is 1330. The summed E-state index contributed by atoms with van der Waals surface area (Å²) in [6, 6.07) is -4.04. The van der Waals surface area contributed by atoms with Crippen molar-refractivity contribution in [1.29, 1.82) is 0 Å². The van der Waals surface area contributed by atoms with E-state index in [0.29, 0.717) is 6.42 Å². The van der Waals surface area contributed by atoms with Gasteiger partial charge in [0.25, 0.3) is 11.8 Å². The second kappa shape index (κ2) is 16.8. The fraction of sp³-hybridized carbons (Fsp3) is 0.697. The van der Waals surface area contributed by atoms with Gasteiger partial charge in [-0.1, -0.05) is 53.4 Å². The molecule has 5 atom stereocenters. The maximum absolute atomic E-state index is 14.4. The topological polar surface area (TPSA) is 189 Å². The molecule has 2 saturated carbocycles. The summed E-state index contributed by atoms with van der Waals surface area (Å²) in [5.74, 6) is -3.68. The molecule has 0 aromatic carbocycles. The van der Waals surface area contributed by atoms with Crippen LogP contribution in [-0.2, 0) is 27.8 Å². The molecule has 3 aliphatic rings. The predicted molar refractivity (Wildman–Crippen MR) is 175 cm³/mol. The lowest BCUT2D eigenvalue weighted by Gasteiger charge is -2.37. The molecule has 0 spiro atoms. The molecular weight excluding hydrogens is 633 g/mol. The van der Waals surface area contributed by atoms with Crippen LogP contribution in [-0.4, -0.2) is 110 Å². The number of aromatic nitrogens is 2. The maximum atomic E-state index is 14.4. The molecule has 4 rings (SSSR count). The summed E-state index contributed by atoms with van der Waals surface area (Å²) in [6.07, 6.45) is 10.7. The average Bonchev–Trinajstić information content (AvgIpc) is 3.78. The molecule has 0 unspecified atom stereocenters. The van der Waals surface area contributed by atoms with E-state index >= 15 is 0 Å². The number of likely N-dealkylation sites (tertiary alicyclic amines) is 1. The van der Waals surface area contributed by atoms with Crippen LogP contribution in [0.1, 0.15) is 102 Å². The third-order valence-electron chi connectivity index (χ3n) is 9.27. The van der Waals surface area contributed by atoms with Crippen molar-refractivity contribution in [3.8, 4) is 0 Å². The largest absolute Gasteiger partial charge is 0.512 e. The van der Waals surface area contributed by atoms with Crippen LogP contribution in [0, 0.1) is 11.3 Å². The van der Waals surface area contributed by atoms with Crippen LogP contribution in [0.3, 0.4) is 0 Å². The Kier molecular flexibility index (Phi) is 13.1. The van der Waals surface area contributed by atoms with E-state index in [0.717, 1.165) is 44.9 Å². The van der Waals surface area contributed by atoms with Crippen molar-refractivity contribution < 1.29 is 32.6 Å². The zero-order valence-corrected chi connectivity index (χ0v) is 29.5. The SMILES string of the molecule is CCC[C@H](NC(=O)[C@@H]1C[C@@H]([O][Al])CN1C(=O)[C@@H](NC(=O)[C@@H](NC(=O)c1cnccn1)C1CCCCC1)C(C)(C)C)C(=O)C(=O)NC1CC1. The lowest BCUT2D eigenvalue weighted by atomic mass is 9.82. The van der Waals surface area contributed by atoms with Gasteiger partial charge in [-0.2, -0.15) is 0 Å². The highest BCUT2D eigenvalue weighted by Gasteiger charge is 2.46. The van der Waals surface area contributed by atoms with Gasteiger partial charge in [-0.25, -0.2) is 4.98 Å². The van der Waals surface area contributed by atoms with Crippen molar-refractivity contribution in [2.75, 3.05) is 6.54 Å². The van der Waals surface area contributed by atoms with Crippen LogP contribution in [0.2, 0.25) is 0 Å². The normalized spacial score (nSPS) is 21.8. The molecule has 1 aliphatic heterocycles. The van der Waals surface area contributed by atoms with Crippen LogP contribution in [0.25, 0.3) is 0 Å². The first-order valence-electron chi connectivity index (χ1n) is 17.0. The fourth-order valence-corrected chi connectivity index (χ4v) is 6.60. The van der Waals surface area contributed by atoms with E-state index in [9.17, 15) is 28.8 Å². The molecule has 2 aliphatic carbocycles. The van der Waals surface area contributed by atoms with Crippen LogP contribution in [0.5, 0.6) is 0 Å². The molecule has 1 aromatic rings. The highest BCUT2D eigenvalue weighted by Crippen LogP contribution is 2.30. The number of hydrogen-bond acceptors (Lipinski definition) is 9. The van der Waals surface area contributed by atoms with Gasteiger partial charge >= 0.3 is 16.6 Å². The quantitative estimate of drug-likeness (QED) is 0.163. The predicted octanol–water partition coefficient (Wildman–Crippen LogP) is 0.888. The van der Waals surface area contributed by atoms with Crippen molar-refractivity contribution >= 4 is 51.9 Å². The Morgan fingerprint density at radius 3 is 2.29 bits per heavy atom. The zero-order valence-electron chi connectivity index (χ0n) is 28.3. The third-order valence-corrected chi connectivity index (χ3v) is 9.66. The summed E-state index contributed by atoms with van der Waals surface area (Å²) in [4.78, 5) is 90.2. The smallest absolute Gasteiger partial charge is 0.369 e. The molecule has 14 nitrogen and oxygen atoms in total. The van der Waals surface area contributed by atoms with Crippen molar-refractivity contribution in [1.82, 2.24) is 36.1 Å². The van der Waals surface area contributed by atoms with Crippen LogP contribution in [0.15, 0.2) is 18.6 Å². The summed E-state index contributed by atoms with van der Waals surface area (Å²) in [6.45, 7) is 7.36. The van der Waals surface area contributed by atoms with Crippen molar-refractivity contribution in [3.05, 3.63) is 24.3 Å². The molecule has 0 bridgehead atoms. The Labute approximate surface area is 290 Å². The van der Waals surface area contributed by atoms with E-state index in [-0.39, 0.29) is 37.0 Å². The first-order chi connectivity index (χ1) is 22.8. The van der Waals surface area contributed by atoms with Gasteiger partial charge in [0, 0.05) is 37.5 Å². The van der Waals surface area contributed by atoms with Crippen LogP contribution >= 0.6 is 0 Å². The first-order valence-corrected chi connectivity index (χ1v) is 17.5. The number of nitrogens with zero attached hydrogens (tertiary/aromatic N) is 3. The zero-order chi connectivity index (χ0) is 35.0. The number of amides is 5. The van der Waals surface area contributed by atoms with E-state index in [2.05, 4.69) is 47.9 Å². The minimum Gasteiger partial charge on any atom is -0.512 e. The van der Waals surface area contributed by atoms with Gasteiger partial charge < -0.3 is 30.0 Å². The van der Waals surface area contributed by atoms with E-state index in [1.807, 2.05) is 27.7 Å². The number of Topliss-reactive ketones (excluding diaryl/α,β-unsaturated/α-hetero) is 1. The van der Waals surface area contributed by atoms with Crippen molar-refractivity contribution in [2.45, 2.75) is 128 Å². The molecule has 3 fully saturated rings. The molecule has 15 heteroatoms. The number of rotatable bonds is 14. The van der Waals surface area contributed by atoms with Crippen LogP contribution in [0.4, 0.5) is 0 Å². The number of ketones is 1. The number of carbonyl (C=O) groups excluding carboxylic acids is 6. The van der Waals surface area contributed by atoms with Gasteiger partial charge in [-0.3, -0.25) is 33.8 Å². The number of hydrogen-bond donors (Lipinski definition) is 4. The van der Waals surface area contributed by atoms with E-state index in [4.69, 9.17) is 3.79 Å². The van der Waals surface area contributed by atoms with Crippen molar-refractivity contribution in [3.63, 3.8) is 0 Å². The van der Waals surface area contributed by atoms with Gasteiger partial charge in [0.2, 0.25) is 23.5 Å². The van der Waals surface area contributed by atoms with Crippen molar-refractivity contribution in [2.24, 2.45) is 11.3 Å². The van der Waals surface area contributed by atoms with Gasteiger partial charge in [0.05, 0.1) is 12.2 Å². The fourth-order valence-electron chi connectivity index (χ4n) is 6.40. The average molecular weight is 682 g/mol. The first kappa shape index (κ1) is 37.4. The summed E-state index contributed by atoms with van der Waals surface area (Å²) in [7, 11) is 0. The molecule has 5 amide bonds. The van der Waals surface area contributed by atoms with Gasteiger partial charge in [-0.15, -0.1) is 0 Å². The molecule has 2 radical (unpaired) electrons. The van der Waals surface area contributed by atoms with Gasteiger partial charge in [0.1, 0.15) is 23.8 Å². The standard InChI is InChI=1S/C33H48N7O7.Al/c1-5-9-22(26(42)31(46)36-20-12-13-20)37-29(44)24-16-21(41)18-40(24)32(47)27(33(2,3)4)39-30(45)25(19-10-7-6-8-11-19)38-28(43)23-17-34-14-15-35-23;/h14-15,17,19-22,24-25,27H,5-13,16,18H2,1-4H3,(H,36,46)(H,37,44)(H,38,43)(H,39,45);/q-1;+1/t21-,22+,24+,25+,27-;/m1./s1. The minimum absolute atomic E-state index is 0.00933. The minimum atomic E-state index is -1.07. The lowest BCUT2D eigenvalue weighted by molar-refractivity contribution is -0.145. The summed E-state index contributed by atoms with van der Waals surface area (Å²) in [5.41, 5.74) is -0.713. The Morgan fingerprint density at radius 1 is 1.00 bits per heavy atom. The Balaban J connectivity index is 1.53. The summed E-state index contributed by atoms with van der Waals surface area (Å²) < 4.78 is 5.48. The van der Waals surface area contributed by atoms with Gasteiger partial charge in [-0.05, 0) is 43.4 Å². The highest BCUT2D eigenvalue weighted by molar-refractivity contribution is 6.38. The lowest BCUT2D eigenvalue weighted by Crippen LogP contribution is -2.62. The Morgan fingerprint density at radius 2 is 1.71 bits per heavy atom. The molecule has 260 valence electrons. The summed E-state index contributed by atoms with van der Waals surface area (Å²) in [5, 5.41) is 11.2. The van der Waals surface area contributed by atoms with Gasteiger partial charge in [0.15, 0.2) is 0 Å². The molecule has 1 saturated heterocycles. The van der Waals surface area contributed by atoms with E-state index in [1.54, 1.807) is 0 Å². The van der Waals surface area contributed by atoms with Crippen LogP contribution < -0.4 is 21.3 Å². The van der Waals surface area contributed by atoms with E-state index in [1.165, 1.54) is 23.5 Å². The third kappa shape index (κ3) is 9.83. The number of nitrogens with one attached hydrogen (secondary N) is 4. The molecule has 4 N–H and O–H groups in total. The second-order valence-electron chi connectivity index (χ2n) is 14.2. The molecule has 48 heavy (non-hydrogen) atoms. The Hall–Kier alpha value is -3.41. The van der Waals surface area contributed by atoms with E-state index < -0.39 is 71.0 Å². The summed E-state index contributed by atoms with van der Waals surface area (Å²) >= 11 is 2.17. The second-order valence-corrected chi connectivity index (χ2v) is 14.5. The molecule has 1 aromatic heterocycles.